The van der Waals surface area contributed by atoms with E-state index in [9.17, 15) is 9.18 Å². The molecule has 1 fully saturated rings. The van der Waals surface area contributed by atoms with Crippen LogP contribution in [0.3, 0.4) is 0 Å². The van der Waals surface area contributed by atoms with Crippen molar-refractivity contribution >= 4 is 5.91 Å². The molecule has 1 aromatic carbocycles. The van der Waals surface area contributed by atoms with Crippen molar-refractivity contribution in [3.8, 4) is 5.75 Å². The number of hydrogen-bond acceptors (Lipinski definition) is 3. The van der Waals surface area contributed by atoms with E-state index >= 15 is 0 Å². The number of ether oxygens (including phenoxy) is 2. The Morgan fingerprint density at radius 3 is 2.90 bits per heavy atom. The first kappa shape index (κ1) is 15.8. The van der Waals surface area contributed by atoms with E-state index in [2.05, 4.69) is 0 Å². The van der Waals surface area contributed by atoms with E-state index in [0.29, 0.717) is 26.0 Å². The van der Waals surface area contributed by atoms with Crippen LogP contribution in [-0.2, 0) is 16.0 Å². The molecule has 0 spiro atoms. The number of benzene rings is 1. The Hall–Kier alpha value is -1.62. The monoisotopic (exact) mass is 295 g/mol. The Bertz CT molecular complexity index is 506. The molecule has 0 saturated carbocycles. The average Bonchev–Trinajstić information content (AvgIpc) is 2.47. The van der Waals surface area contributed by atoms with Crippen LogP contribution in [-0.4, -0.2) is 43.2 Å². The Morgan fingerprint density at radius 1 is 1.48 bits per heavy atom. The Labute approximate surface area is 124 Å². The molecule has 5 heteroatoms. The molecular weight excluding hydrogens is 273 g/mol. The van der Waals surface area contributed by atoms with Crippen LogP contribution >= 0.6 is 0 Å². The van der Waals surface area contributed by atoms with Gasteiger partial charge in [0.05, 0.1) is 25.9 Å². The molecule has 4 nitrogen and oxygen atoms in total. The number of carbonyl (C=O) groups excluding carboxylic acids is 1. The third-order valence-electron chi connectivity index (χ3n) is 3.77. The first-order valence-corrected chi connectivity index (χ1v) is 7.24. The fourth-order valence-electron chi connectivity index (χ4n) is 2.51. The van der Waals surface area contributed by atoms with Gasteiger partial charge in [0.2, 0.25) is 5.91 Å². The molecule has 0 aromatic heterocycles. The van der Waals surface area contributed by atoms with Crippen LogP contribution in [0.5, 0.6) is 5.75 Å². The van der Waals surface area contributed by atoms with Crippen molar-refractivity contribution in [2.24, 2.45) is 0 Å². The summed E-state index contributed by atoms with van der Waals surface area (Å²) in [6.07, 6.45) is 0.977. The summed E-state index contributed by atoms with van der Waals surface area (Å²) in [7, 11) is 1.43. The SMILES string of the molecule is COc1ccc(CCC(=O)N2C[C@H](C)OC[C@@H]2C)cc1F. The van der Waals surface area contributed by atoms with Crippen molar-refractivity contribution < 1.29 is 18.7 Å². The Morgan fingerprint density at radius 2 is 2.24 bits per heavy atom. The number of rotatable bonds is 4. The molecule has 21 heavy (non-hydrogen) atoms. The summed E-state index contributed by atoms with van der Waals surface area (Å²) in [4.78, 5) is 14.1. The van der Waals surface area contributed by atoms with Crippen LogP contribution in [0.2, 0.25) is 0 Å². The molecule has 0 N–H and O–H groups in total. The molecule has 2 rings (SSSR count). The summed E-state index contributed by atoms with van der Waals surface area (Å²) in [5.41, 5.74) is 0.801. The summed E-state index contributed by atoms with van der Waals surface area (Å²) in [6, 6.07) is 4.91. The molecule has 1 amide bonds. The summed E-state index contributed by atoms with van der Waals surface area (Å²) >= 11 is 0. The molecule has 0 aliphatic carbocycles. The molecule has 1 heterocycles. The van der Waals surface area contributed by atoms with E-state index in [4.69, 9.17) is 9.47 Å². The minimum Gasteiger partial charge on any atom is -0.494 e. The fraction of sp³-hybridized carbons (Fsp3) is 0.562. The molecule has 0 unspecified atom stereocenters. The molecule has 1 saturated heterocycles. The van der Waals surface area contributed by atoms with Crippen molar-refractivity contribution in [2.75, 3.05) is 20.3 Å². The Kier molecular flexibility index (Phi) is 5.17. The van der Waals surface area contributed by atoms with Gasteiger partial charge in [0.15, 0.2) is 11.6 Å². The second-order valence-electron chi connectivity index (χ2n) is 5.51. The van der Waals surface area contributed by atoms with Crippen molar-refractivity contribution in [2.45, 2.75) is 38.8 Å². The quantitative estimate of drug-likeness (QED) is 0.856. The number of halogens is 1. The second-order valence-corrected chi connectivity index (χ2v) is 5.51. The Balaban J connectivity index is 1.93. The van der Waals surface area contributed by atoms with Crippen LogP contribution in [0.4, 0.5) is 4.39 Å². The van der Waals surface area contributed by atoms with Gasteiger partial charge >= 0.3 is 0 Å². The first-order valence-electron chi connectivity index (χ1n) is 7.24. The number of nitrogens with zero attached hydrogens (tertiary/aromatic N) is 1. The van der Waals surface area contributed by atoms with Gasteiger partial charge in [-0.15, -0.1) is 0 Å². The average molecular weight is 295 g/mol. The van der Waals surface area contributed by atoms with Crippen LogP contribution in [0, 0.1) is 5.82 Å². The predicted octanol–water partition coefficient (Wildman–Crippen LogP) is 2.40. The topological polar surface area (TPSA) is 38.8 Å². The summed E-state index contributed by atoms with van der Waals surface area (Å²) in [5.74, 6) is -0.0783. The van der Waals surface area contributed by atoms with Crippen molar-refractivity contribution in [3.05, 3.63) is 29.6 Å². The molecule has 1 aliphatic rings. The predicted molar refractivity (Wildman–Crippen MR) is 77.9 cm³/mol. The zero-order chi connectivity index (χ0) is 15.4. The molecule has 1 aliphatic heterocycles. The summed E-state index contributed by atoms with van der Waals surface area (Å²) < 4.78 is 24.0. The van der Waals surface area contributed by atoms with Gasteiger partial charge in [0.1, 0.15) is 0 Å². The van der Waals surface area contributed by atoms with Gasteiger partial charge < -0.3 is 14.4 Å². The van der Waals surface area contributed by atoms with E-state index < -0.39 is 5.82 Å². The van der Waals surface area contributed by atoms with Crippen LogP contribution in [0.25, 0.3) is 0 Å². The number of methoxy groups -OCH3 is 1. The highest BCUT2D eigenvalue weighted by Gasteiger charge is 2.26. The number of aryl methyl sites for hydroxylation is 1. The van der Waals surface area contributed by atoms with Gasteiger partial charge in [-0.2, -0.15) is 0 Å². The normalized spacial score (nSPS) is 22.2. The maximum atomic E-state index is 13.6. The van der Waals surface area contributed by atoms with Crippen LogP contribution in [0.1, 0.15) is 25.8 Å². The summed E-state index contributed by atoms with van der Waals surface area (Å²) in [5, 5.41) is 0. The van der Waals surface area contributed by atoms with Gasteiger partial charge in [-0.1, -0.05) is 6.07 Å². The maximum absolute atomic E-state index is 13.6. The molecule has 116 valence electrons. The number of hydrogen-bond donors (Lipinski definition) is 0. The smallest absolute Gasteiger partial charge is 0.223 e. The van der Waals surface area contributed by atoms with Crippen LogP contribution in [0.15, 0.2) is 18.2 Å². The minimum atomic E-state index is -0.393. The standard InChI is InChI=1S/C16H22FNO3/c1-11-10-21-12(2)9-18(11)16(19)7-5-13-4-6-15(20-3)14(17)8-13/h4,6,8,11-12H,5,7,9-10H2,1-3H3/t11-,12-/m0/s1. The molecule has 1 aromatic rings. The maximum Gasteiger partial charge on any atom is 0.223 e. The van der Waals surface area contributed by atoms with E-state index in [1.165, 1.54) is 13.2 Å². The van der Waals surface area contributed by atoms with E-state index in [1.54, 1.807) is 12.1 Å². The number of morpholine rings is 1. The third-order valence-corrected chi connectivity index (χ3v) is 3.77. The van der Waals surface area contributed by atoms with E-state index in [1.807, 2.05) is 18.7 Å². The van der Waals surface area contributed by atoms with Crippen molar-refractivity contribution in [1.29, 1.82) is 0 Å². The lowest BCUT2D eigenvalue weighted by Crippen LogP contribution is -2.50. The molecule has 0 radical (unpaired) electrons. The van der Waals surface area contributed by atoms with Gasteiger partial charge in [-0.3, -0.25) is 4.79 Å². The van der Waals surface area contributed by atoms with Gasteiger partial charge in [0, 0.05) is 13.0 Å². The lowest BCUT2D eigenvalue weighted by molar-refractivity contribution is -0.143. The van der Waals surface area contributed by atoms with Crippen LogP contribution < -0.4 is 4.74 Å². The summed E-state index contributed by atoms with van der Waals surface area (Å²) in [6.45, 7) is 5.14. The third kappa shape index (κ3) is 3.94. The van der Waals surface area contributed by atoms with E-state index in [-0.39, 0.29) is 23.8 Å². The van der Waals surface area contributed by atoms with Crippen molar-refractivity contribution in [3.63, 3.8) is 0 Å². The largest absolute Gasteiger partial charge is 0.494 e. The van der Waals surface area contributed by atoms with Gasteiger partial charge in [-0.25, -0.2) is 4.39 Å². The highest BCUT2D eigenvalue weighted by atomic mass is 19.1. The minimum absolute atomic E-state index is 0.0728. The number of amides is 1. The zero-order valence-electron chi connectivity index (χ0n) is 12.8. The molecular formula is C16H22FNO3. The van der Waals surface area contributed by atoms with Gasteiger partial charge in [-0.05, 0) is 38.0 Å². The first-order chi connectivity index (χ1) is 10.0. The molecule has 0 bridgehead atoms. The fourth-order valence-corrected chi connectivity index (χ4v) is 2.51. The van der Waals surface area contributed by atoms with Crippen molar-refractivity contribution in [1.82, 2.24) is 4.90 Å². The number of carbonyl (C=O) groups is 1. The lowest BCUT2D eigenvalue weighted by atomic mass is 10.1. The second kappa shape index (κ2) is 6.89. The lowest BCUT2D eigenvalue weighted by Gasteiger charge is -2.37. The van der Waals surface area contributed by atoms with Gasteiger partial charge in [0.25, 0.3) is 0 Å². The van der Waals surface area contributed by atoms with E-state index in [0.717, 1.165) is 5.56 Å². The highest BCUT2D eigenvalue weighted by Crippen LogP contribution is 2.19. The zero-order valence-corrected chi connectivity index (χ0v) is 12.8. The highest BCUT2D eigenvalue weighted by molar-refractivity contribution is 5.77. The molecule has 2 atom stereocenters.